The van der Waals surface area contributed by atoms with Gasteiger partial charge in [-0.2, -0.15) is 0 Å². The molecular weight excluding hydrogens is 825 g/mol. The summed E-state index contributed by atoms with van der Waals surface area (Å²) in [6.07, 6.45) is 0. The van der Waals surface area contributed by atoms with Gasteiger partial charge in [0.05, 0.1) is 16.8 Å². The quantitative estimate of drug-likeness (QED) is 0.167. The molecule has 12 aromatic rings. The molecule has 0 saturated carbocycles. The lowest BCUT2D eigenvalue weighted by Gasteiger charge is -2.32. The molecule has 0 unspecified atom stereocenters. The number of aromatic nitrogens is 2. The summed E-state index contributed by atoms with van der Waals surface area (Å²) >= 11 is 0. The van der Waals surface area contributed by atoms with E-state index >= 15 is 0 Å². The molecule has 0 bridgehead atoms. The molecule has 10 aromatic carbocycles. The highest BCUT2D eigenvalue weighted by Gasteiger charge is 2.52. The molecule has 3 heteroatoms. The van der Waals surface area contributed by atoms with Crippen molar-refractivity contribution in [2.24, 2.45) is 0 Å². The van der Waals surface area contributed by atoms with Crippen LogP contribution in [-0.2, 0) is 5.41 Å². The van der Waals surface area contributed by atoms with E-state index in [4.69, 9.17) is 14.4 Å². The third-order valence-electron chi connectivity index (χ3n) is 14.3. The Morgan fingerprint density at radius 2 is 0.765 bits per heavy atom. The Hall–Kier alpha value is -8.92. The van der Waals surface area contributed by atoms with Crippen molar-refractivity contribution in [3.63, 3.8) is 0 Å². The van der Waals surface area contributed by atoms with Gasteiger partial charge in [-0.25, -0.2) is 9.97 Å². The molecule has 14 rings (SSSR count). The Bertz CT molecular complexity index is 3900. The van der Waals surface area contributed by atoms with Gasteiger partial charge in [-0.3, -0.25) is 0 Å². The maximum atomic E-state index is 6.69. The third-order valence-corrected chi connectivity index (χ3v) is 14.3. The van der Waals surface area contributed by atoms with E-state index in [0.29, 0.717) is 5.82 Å². The fourth-order valence-corrected chi connectivity index (χ4v) is 11.4. The van der Waals surface area contributed by atoms with Crippen molar-refractivity contribution in [1.29, 1.82) is 0 Å². The lowest BCUT2D eigenvalue weighted by Crippen LogP contribution is -2.26. The summed E-state index contributed by atoms with van der Waals surface area (Å²) in [6, 6.07) is 87.4. The van der Waals surface area contributed by atoms with E-state index in [0.717, 1.165) is 72.3 Å². The van der Waals surface area contributed by atoms with Crippen LogP contribution >= 0.6 is 0 Å². The van der Waals surface area contributed by atoms with Crippen LogP contribution in [0.3, 0.4) is 0 Å². The van der Waals surface area contributed by atoms with Crippen LogP contribution in [-0.4, -0.2) is 9.97 Å². The Balaban J connectivity index is 1.03. The number of hydrogen-bond donors (Lipinski definition) is 0. The van der Waals surface area contributed by atoms with Crippen molar-refractivity contribution in [2.45, 2.75) is 5.41 Å². The fourth-order valence-electron chi connectivity index (χ4n) is 11.4. The van der Waals surface area contributed by atoms with Crippen LogP contribution < -0.4 is 0 Å². The standard InChI is InChI=1S/C65H40N2O/c1-3-17-41(18-4-1)42-33-35-43(36-34-42)45-37-46(48-25-15-27-54-52-24-10-14-32-61(52)68-63(48)54)39-47(38-45)59-40-60(67-64(66-59)44-19-5-2-6-20-44)55-28-16-26-53-51-23-9-13-31-58(51)65(62(53)55)56-29-11-7-21-49(56)50-22-8-12-30-57(50)65/h1-40H. The molecule has 68 heavy (non-hydrogen) atoms. The van der Waals surface area contributed by atoms with E-state index in [1.165, 1.54) is 55.6 Å². The first-order valence-electron chi connectivity index (χ1n) is 23.3. The van der Waals surface area contributed by atoms with Gasteiger partial charge in [-0.15, -0.1) is 0 Å². The minimum Gasteiger partial charge on any atom is -0.455 e. The summed E-state index contributed by atoms with van der Waals surface area (Å²) in [5.74, 6) is 0.672. The number of nitrogens with zero attached hydrogens (tertiary/aromatic N) is 2. The maximum Gasteiger partial charge on any atom is 0.160 e. The zero-order valence-corrected chi connectivity index (χ0v) is 36.9. The fraction of sp³-hybridized carbons (Fsp3) is 0.0154. The van der Waals surface area contributed by atoms with Crippen LogP contribution in [0.1, 0.15) is 22.3 Å². The summed E-state index contributed by atoms with van der Waals surface area (Å²) in [4.78, 5) is 11.0. The summed E-state index contributed by atoms with van der Waals surface area (Å²) in [5, 5.41) is 2.20. The van der Waals surface area contributed by atoms with E-state index in [1.807, 2.05) is 12.1 Å². The summed E-state index contributed by atoms with van der Waals surface area (Å²) in [6.45, 7) is 0. The molecule has 2 heterocycles. The van der Waals surface area contributed by atoms with Crippen LogP contribution in [0, 0.1) is 0 Å². The van der Waals surface area contributed by atoms with Crippen molar-refractivity contribution < 1.29 is 4.42 Å². The van der Waals surface area contributed by atoms with Crippen molar-refractivity contribution in [1.82, 2.24) is 9.97 Å². The first kappa shape index (κ1) is 38.4. The van der Waals surface area contributed by atoms with Gasteiger partial charge in [0.25, 0.3) is 0 Å². The van der Waals surface area contributed by atoms with Crippen molar-refractivity contribution in [2.75, 3.05) is 0 Å². The van der Waals surface area contributed by atoms with Crippen LogP contribution in [0.5, 0.6) is 0 Å². The first-order chi connectivity index (χ1) is 33.7. The zero-order valence-electron chi connectivity index (χ0n) is 36.9. The molecular formula is C65H40N2O. The molecule has 2 aliphatic rings. The summed E-state index contributed by atoms with van der Waals surface area (Å²) < 4.78 is 6.69. The molecule has 316 valence electrons. The van der Waals surface area contributed by atoms with Crippen molar-refractivity contribution in [3.05, 3.63) is 265 Å². The molecule has 0 fully saturated rings. The molecule has 0 N–H and O–H groups in total. The summed E-state index contributed by atoms with van der Waals surface area (Å²) in [5.41, 5.74) is 22.8. The zero-order chi connectivity index (χ0) is 44.8. The van der Waals surface area contributed by atoms with Crippen LogP contribution in [0.4, 0.5) is 0 Å². The largest absolute Gasteiger partial charge is 0.455 e. The molecule has 2 aromatic heterocycles. The topological polar surface area (TPSA) is 38.9 Å². The minimum absolute atomic E-state index is 0.544. The van der Waals surface area contributed by atoms with Gasteiger partial charge in [-0.1, -0.05) is 212 Å². The second kappa shape index (κ2) is 15.1. The predicted molar refractivity (Wildman–Crippen MR) is 278 cm³/mol. The van der Waals surface area contributed by atoms with Crippen molar-refractivity contribution in [3.8, 4) is 89.5 Å². The van der Waals surface area contributed by atoms with Crippen LogP contribution in [0.25, 0.3) is 111 Å². The van der Waals surface area contributed by atoms with Gasteiger partial charge in [0.1, 0.15) is 11.2 Å². The van der Waals surface area contributed by atoms with Gasteiger partial charge < -0.3 is 4.42 Å². The SMILES string of the molecule is c1ccc(-c2ccc(-c3cc(-c4cc(-c5cccc6c5C5(c7ccccc7-c7ccccc75)c5ccccc5-6)nc(-c5ccccc5)n4)cc(-c4cccc5c4oc4ccccc45)c3)cc2)cc1. The smallest absolute Gasteiger partial charge is 0.160 e. The Morgan fingerprint density at radius 1 is 0.294 bits per heavy atom. The summed E-state index contributed by atoms with van der Waals surface area (Å²) in [7, 11) is 0. The van der Waals surface area contributed by atoms with Crippen molar-refractivity contribution >= 4 is 21.9 Å². The number of para-hydroxylation sites is 2. The van der Waals surface area contributed by atoms with Crippen LogP contribution in [0.15, 0.2) is 247 Å². The van der Waals surface area contributed by atoms with Gasteiger partial charge >= 0.3 is 0 Å². The molecule has 1 spiro atoms. The molecule has 0 aliphatic heterocycles. The van der Waals surface area contributed by atoms with E-state index in [-0.39, 0.29) is 0 Å². The second-order valence-corrected chi connectivity index (χ2v) is 18.0. The van der Waals surface area contributed by atoms with Crippen LogP contribution in [0.2, 0.25) is 0 Å². The highest BCUT2D eigenvalue weighted by atomic mass is 16.3. The average Bonchev–Trinajstić information content (AvgIpc) is 4.06. The maximum absolute atomic E-state index is 6.69. The molecule has 0 radical (unpaired) electrons. The molecule has 3 nitrogen and oxygen atoms in total. The average molecular weight is 865 g/mol. The lowest BCUT2D eigenvalue weighted by molar-refractivity contribution is 0.670. The number of rotatable bonds is 6. The molecule has 0 atom stereocenters. The first-order valence-corrected chi connectivity index (χ1v) is 23.3. The Morgan fingerprint density at radius 3 is 1.47 bits per heavy atom. The normalized spacial score (nSPS) is 12.8. The second-order valence-electron chi connectivity index (χ2n) is 18.0. The number of benzene rings is 10. The molecule has 0 saturated heterocycles. The van der Waals surface area contributed by atoms with E-state index < -0.39 is 5.41 Å². The van der Waals surface area contributed by atoms with E-state index in [1.54, 1.807) is 0 Å². The number of furan rings is 1. The Labute approximate surface area is 394 Å². The highest BCUT2D eigenvalue weighted by molar-refractivity contribution is 6.10. The minimum atomic E-state index is -0.544. The Kier molecular flexibility index (Phi) is 8.50. The third kappa shape index (κ3) is 5.72. The van der Waals surface area contributed by atoms with E-state index in [9.17, 15) is 0 Å². The number of fused-ring (bicyclic) bond motifs is 13. The van der Waals surface area contributed by atoms with E-state index in [2.05, 4.69) is 231 Å². The highest BCUT2D eigenvalue weighted by Crippen LogP contribution is 2.64. The monoisotopic (exact) mass is 864 g/mol. The molecule has 0 amide bonds. The van der Waals surface area contributed by atoms with Gasteiger partial charge in [0.2, 0.25) is 0 Å². The van der Waals surface area contributed by atoms with Gasteiger partial charge in [-0.05, 0) is 103 Å². The lowest BCUT2D eigenvalue weighted by atomic mass is 9.69. The molecule has 2 aliphatic carbocycles. The van der Waals surface area contributed by atoms with Gasteiger partial charge in [0.15, 0.2) is 5.82 Å². The van der Waals surface area contributed by atoms with Gasteiger partial charge in [0, 0.05) is 33.0 Å². The number of hydrogen-bond acceptors (Lipinski definition) is 3. The predicted octanol–water partition coefficient (Wildman–Crippen LogP) is 16.7.